The molecule has 1 rings (SSSR count). The molecule has 0 bridgehead atoms. The van der Waals surface area contributed by atoms with Crippen molar-refractivity contribution in [3.63, 3.8) is 0 Å². The Kier molecular flexibility index (Phi) is 10.2. The second kappa shape index (κ2) is 11.8. The minimum absolute atomic E-state index is 0.245. The van der Waals surface area contributed by atoms with Gasteiger partial charge in [-0.3, -0.25) is 14.4 Å². The highest BCUT2D eigenvalue weighted by Gasteiger charge is 2.08. The fraction of sp³-hybridized carbons (Fsp3) is 0.438. The number of carbonyl (C=O) groups excluding carboxylic acids is 2. The lowest BCUT2D eigenvalue weighted by molar-refractivity contribution is -0.137. The predicted molar refractivity (Wildman–Crippen MR) is 99.1 cm³/mol. The summed E-state index contributed by atoms with van der Waals surface area (Å²) in [5.74, 6) is -1.52. The van der Waals surface area contributed by atoms with Gasteiger partial charge in [-0.05, 0) is 25.3 Å². The Hall–Kier alpha value is -1.70. The lowest BCUT2D eigenvalue weighted by Gasteiger charge is -2.09. The van der Waals surface area contributed by atoms with Crippen LogP contribution in [-0.2, 0) is 14.4 Å². The second-order valence-corrected chi connectivity index (χ2v) is 6.52. The molecule has 1 aromatic carbocycles. The quantitative estimate of drug-likeness (QED) is 0.373. The van der Waals surface area contributed by atoms with Crippen LogP contribution >= 0.6 is 34.8 Å². The van der Waals surface area contributed by atoms with Crippen LogP contribution in [0.4, 0.5) is 0 Å². The van der Waals surface area contributed by atoms with E-state index in [1.807, 2.05) is 0 Å². The van der Waals surface area contributed by atoms with Gasteiger partial charge in [0.05, 0.1) is 28.2 Å². The summed E-state index contributed by atoms with van der Waals surface area (Å²) in [4.78, 5) is 33.1. The number of rotatable bonds is 11. The maximum Gasteiger partial charge on any atom is 0.322 e. The number of carboxylic acids is 1. The SMILES string of the molecule is O=C(O)CNC(=O)CNC(=O)CCCCCOc1cc(Cl)c(Cl)cc1Cl. The highest BCUT2D eigenvalue weighted by Crippen LogP contribution is 2.33. The second-order valence-electron chi connectivity index (χ2n) is 5.30. The maximum absolute atomic E-state index is 11.6. The van der Waals surface area contributed by atoms with Gasteiger partial charge in [0.25, 0.3) is 0 Å². The molecule has 0 saturated heterocycles. The third-order valence-electron chi connectivity index (χ3n) is 3.16. The third-order valence-corrected chi connectivity index (χ3v) is 4.18. The van der Waals surface area contributed by atoms with Crippen LogP contribution in [0, 0.1) is 0 Å². The monoisotopic (exact) mass is 424 g/mol. The Morgan fingerprint density at radius 2 is 1.54 bits per heavy atom. The van der Waals surface area contributed by atoms with Gasteiger partial charge in [0, 0.05) is 12.5 Å². The van der Waals surface area contributed by atoms with E-state index in [4.69, 9.17) is 44.6 Å². The Labute approximate surface area is 165 Å². The summed E-state index contributed by atoms with van der Waals surface area (Å²) >= 11 is 17.7. The van der Waals surface area contributed by atoms with E-state index in [1.54, 1.807) is 6.07 Å². The first-order chi connectivity index (χ1) is 12.3. The van der Waals surface area contributed by atoms with Crippen LogP contribution in [0.2, 0.25) is 15.1 Å². The average molecular weight is 426 g/mol. The number of unbranched alkanes of at least 4 members (excludes halogenated alkanes) is 2. The molecule has 0 spiro atoms. The summed E-state index contributed by atoms with van der Waals surface area (Å²) in [7, 11) is 0. The summed E-state index contributed by atoms with van der Waals surface area (Å²) in [5, 5.41) is 14.1. The molecule has 0 aromatic heterocycles. The van der Waals surface area contributed by atoms with E-state index >= 15 is 0 Å². The molecule has 26 heavy (non-hydrogen) atoms. The minimum atomic E-state index is -1.14. The Balaban J connectivity index is 2.11. The summed E-state index contributed by atoms with van der Waals surface area (Å²) in [6.07, 6.45) is 2.35. The van der Waals surface area contributed by atoms with Gasteiger partial charge in [-0.15, -0.1) is 0 Å². The van der Waals surface area contributed by atoms with E-state index in [1.165, 1.54) is 6.07 Å². The number of ether oxygens (including phenoxy) is 1. The van der Waals surface area contributed by atoms with Crippen LogP contribution in [0.1, 0.15) is 25.7 Å². The Morgan fingerprint density at radius 3 is 2.23 bits per heavy atom. The zero-order valence-corrected chi connectivity index (χ0v) is 16.1. The Morgan fingerprint density at radius 1 is 0.885 bits per heavy atom. The topological polar surface area (TPSA) is 105 Å². The van der Waals surface area contributed by atoms with Gasteiger partial charge in [0.15, 0.2) is 0 Å². The van der Waals surface area contributed by atoms with Gasteiger partial charge in [0.1, 0.15) is 12.3 Å². The van der Waals surface area contributed by atoms with Crippen molar-refractivity contribution >= 4 is 52.6 Å². The van der Waals surface area contributed by atoms with E-state index in [0.29, 0.717) is 40.3 Å². The molecule has 7 nitrogen and oxygen atoms in total. The number of hydrogen-bond acceptors (Lipinski definition) is 4. The molecule has 1 aromatic rings. The smallest absolute Gasteiger partial charge is 0.322 e. The summed E-state index contributed by atoms with van der Waals surface area (Å²) < 4.78 is 5.53. The Bertz CT molecular complexity index is 655. The fourth-order valence-electron chi connectivity index (χ4n) is 1.87. The normalized spacial score (nSPS) is 10.3. The van der Waals surface area contributed by atoms with Gasteiger partial charge in [-0.1, -0.05) is 34.8 Å². The average Bonchev–Trinajstić information content (AvgIpc) is 2.58. The third kappa shape index (κ3) is 9.12. The molecule has 144 valence electrons. The molecule has 3 N–H and O–H groups in total. The molecule has 0 unspecified atom stereocenters. The molecule has 0 aliphatic heterocycles. The molecule has 0 atom stereocenters. The summed E-state index contributed by atoms with van der Waals surface area (Å²) in [5.41, 5.74) is 0. The van der Waals surface area contributed by atoms with Crippen LogP contribution in [0.5, 0.6) is 5.75 Å². The first-order valence-corrected chi connectivity index (χ1v) is 8.95. The van der Waals surface area contributed by atoms with Gasteiger partial charge < -0.3 is 20.5 Å². The van der Waals surface area contributed by atoms with Gasteiger partial charge in [0.2, 0.25) is 11.8 Å². The highest BCUT2D eigenvalue weighted by atomic mass is 35.5. The largest absolute Gasteiger partial charge is 0.492 e. The van der Waals surface area contributed by atoms with Gasteiger partial charge >= 0.3 is 5.97 Å². The van der Waals surface area contributed by atoms with Crippen LogP contribution in [0.15, 0.2) is 12.1 Å². The number of carbonyl (C=O) groups is 3. The number of nitrogens with one attached hydrogen (secondary N) is 2. The molecular formula is C16H19Cl3N2O5. The van der Waals surface area contributed by atoms with E-state index in [9.17, 15) is 14.4 Å². The van der Waals surface area contributed by atoms with Crippen molar-refractivity contribution in [3.05, 3.63) is 27.2 Å². The van der Waals surface area contributed by atoms with Crippen molar-refractivity contribution in [1.82, 2.24) is 10.6 Å². The van der Waals surface area contributed by atoms with Crippen LogP contribution in [0.3, 0.4) is 0 Å². The number of hydrogen-bond donors (Lipinski definition) is 3. The predicted octanol–water partition coefficient (Wildman–Crippen LogP) is 2.90. The zero-order valence-electron chi connectivity index (χ0n) is 13.8. The van der Waals surface area contributed by atoms with Crippen molar-refractivity contribution in [1.29, 1.82) is 0 Å². The molecule has 0 saturated carbocycles. The van der Waals surface area contributed by atoms with Crippen molar-refractivity contribution in [2.75, 3.05) is 19.7 Å². The first-order valence-electron chi connectivity index (χ1n) is 7.82. The first kappa shape index (κ1) is 22.3. The standard InChI is InChI=1S/C16H19Cl3N2O5/c17-10-6-12(19)13(7-11(10)18)26-5-3-1-2-4-14(22)20-8-15(23)21-9-16(24)25/h6-7H,1-5,8-9H2,(H,20,22)(H,21,23)(H,24,25). The summed E-state index contributed by atoms with van der Waals surface area (Å²) in [6, 6.07) is 3.06. The molecule has 10 heteroatoms. The fourth-order valence-corrected chi connectivity index (χ4v) is 2.46. The van der Waals surface area contributed by atoms with E-state index in [2.05, 4.69) is 10.6 Å². The zero-order chi connectivity index (χ0) is 19.5. The van der Waals surface area contributed by atoms with Crippen LogP contribution in [-0.4, -0.2) is 42.6 Å². The molecule has 0 aliphatic rings. The molecule has 0 fully saturated rings. The van der Waals surface area contributed by atoms with Crippen molar-refractivity contribution in [3.8, 4) is 5.75 Å². The maximum atomic E-state index is 11.6. The van der Waals surface area contributed by atoms with E-state index in [0.717, 1.165) is 6.42 Å². The van der Waals surface area contributed by atoms with Crippen LogP contribution in [0.25, 0.3) is 0 Å². The summed E-state index contributed by atoms with van der Waals surface area (Å²) in [6.45, 7) is -0.306. The number of benzene rings is 1. The molecule has 0 radical (unpaired) electrons. The van der Waals surface area contributed by atoms with Gasteiger partial charge in [-0.25, -0.2) is 0 Å². The lowest BCUT2D eigenvalue weighted by atomic mass is 10.2. The van der Waals surface area contributed by atoms with Gasteiger partial charge in [-0.2, -0.15) is 0 Å². The van der Waals surface area contributed by atoms with E-state index < -0.39 is 18.4 Å². The number of carboxylic acid groups (broad SMARTS) is 1. The highest BCUT2D eigenvalue weighted by molar-refractivity contribution is 6.43. The minimum Gasteiger partial charge on any atom is -0.492 e. The number of halogens is 3. The molecule has 0 aliphatic carbocycles. The van der Waals surface area contributed by atoms with Crippen LogP contribution < -0.4 is 15.4 Å². The van der Waals surface area contributed by atoms with Crippen molar-refractivity contribution in [2.24, 2.45) is 0 Å². The van der Waals surface area contributed by atoms with Crippen molar-refractivity contribution < 1.29 is 24.2 Å². The lowest BCUT2D eigenvalue weighted by Crippen LogP contribution is -2.38. The number of amides is 2. The number of aliphatic carboxylic acids is 1. The van der Waals surface area contributed by atoms with E-state index in [-0.39, 0.29) is 18.9 Å². The molecule has 0 heterocycles. The molecular weight excluding hydrogens is 407 g/mol. The van der Waals surface area contributed by atoms with Crippen molar-refractivity contribution in [2.45, 2.75) is 25.7 Å². The molecule has 2 amide bonds.